The second-order valence-electron chi connectivity index (χ2n) is 5.13. The van der Waals surface area contributed by atoms with Crippen molar-refractivity contribution in [3.05, 3.63) is 24.3 Å². The Morgan fingerprint density at radius 3 is 2.71 bits per heavy atom. The SMILES string of the molecule is CC1CNCC1C(=O)Nc1ccccc1OCC(F)(F)F. The van der Waals surface area contributed by atoms with Gasteiger partial charge in [0.15, 0.2) is 6.61 Å². The minimum atomic E-state index is -4.42. The number of hydrogen-bond acceptors (Lipinski definition) is 3. The summed E-state index contributed by atoms with van der Waals surface area (Å²) in [4.78, 5) is 12.1. The molecule has 21 heavy (non-hydrogen) atoms. The molecule has 2 unspecified atom stereocenters. The van der Waals surface area contributed by atoms with Gasteiger partial charge in [0.1, 0.15) is 5.75 Å². The summed E-state index contributed by atoms with van der Waals surface area (Å²) in [5.41, 5.74) is 0.255. The van der Waals surface area contributed by atoms with Crippen molar-refractivity contribution in [2.24, 2.45) is 11.8 Å². The van der Waals surface area contributed by atoms with Crippen LogP contribution in [0.4, 0.5) is 18.9 Å². The lowest BCUT2D eigenvalue weighted by Crippen LogP contribution is -2.28. The first-order valence-electron chi connectivity index (χ1n) is 6.67. The van der Waals surface area contributed by atoms with Gasteiger partial charge in [0, 0.05) is 6.54 Å². The van der Waals surface area contributed by atoms with Crippen LogP contribution in [0.1, 0.15) is 6.92 Å². The molecule has 2 N–H and O–H groups in total. The normalized spacial score (nSPS) is 22.1. The number of ether oxygens (including phenoxy) is 1. The summed E-state index contributed by atoms with van der Waals surface area (Å²) in [6, 6.07) is 6.11. The fourth-order valence-corrected chi connectivity index (χ4v) is 2.24. The molecule has 1 saturated heterocycles. The van der Waals surface area contributed by atoms with E-state index in [1.165, 1.54) is 12.1 Å². The molecule has 1 amide bonds. The molecule has 116 valence electrons. The summed E-state index contributed by atoms with van der Waals surface area (Å²) in [6.45, 7) is 1.89. The van der Waals surface area contributed by atoms with E-state index in [2.05, 4.69) is 10.6 Å². The second-order valence-corrected chi connectivity index (χ2v) is 5.13. The van der Waals surface area contributed by atoms with Crippen LogP contribution in [0, 0.1) is 11.8 Å². The molecule has 0 saturated carbocycles. The Morgan fingerprint density at radius 1 is 1.38 bits per heavy atom. The molecule has 2 rings (SSSR count). The minimum Gasteiger partial charge on any atom is -0.482 e. The van der Waals surface area contributed by atoms with Gasteiger partial charge in [-0.1, -0.05) is 19.1 Å². The maximum atomic E-state index is 12.2. The molecule has 0 bridgehead atoms. The minimum absolute atomic E-state index is 0.0155. The number of hydrogen-bond donors (Lipinski definition) is 2. The van der Waals surface area contributed by atoms with E-state index in [1.807, 2.05) is 6.92 Å². The van der Waals surface area contributed by atoms with Crippen molar-refractivity contribution in [1.82, 2.24) is 5.32 Å². The number of nitrogens with one attached hydrogen (secondary N) is 2. The molecule has 2 atom stereocenters. The lowest BCUT2D eigenvalue weighted by Gasteiger charge is -2.17. The van der Waals surface area contributed by atoms with Crippen LogP contribution in [0.15, 0.2) is 24.3 Å². The van der Waals surface area contributed by atoms with Crippen molar-refractivity contribution in [3.63, 3.8) is 0 Å². The zero-order valence-corrected chi connectivity index (χ0v) is 11.5. The van der Waals surface area contributed by atoms with Crippen LogP contribution in [0.3, 0.4) is 0 Å². The Bertz CT molecular complexity index is 505. The highest BCUT2D eigenvalue weighted by atomic mass is 19.4. The highest BCUT2D eigenvalue weighted by Gasteiger charge is 2.31. The Labute approximate surface area is 120 Å². The molecule has 7 heteroatoms. The monoisotopic (exact) mass is 302 g/mol. The summed E-state index contributed by atoms with van der Waals surface area (Å²) in [7, 11) is 0. The van der Waals surface area contributed by atoms with E-state index in [4.69, 9.17) is 4.74 Å². The van der Waals surface area contributed by atoms with Gasteiger partial charge >= 0.3 is 6.18 Å². The van der Waals surface area contributed by atoms with E-state index in [1.54, 1.807) is 12.1 Å². The first-order chi connectivity index (χ1) is 9.87. The fraction of sp³-hybridized carbons (Fsp3) is 0.500. The Morgan fingerprint density at radius 2 is 2.10 bits per heavy atom. The maximum Gasteiger partial charge on any atom is 0.422 e. The Kier molecular flexibility index (Phi) is 4.72. The van der Waals surface area contributed by atoms with Crippen molar-refractivity contribution in [2.45, 2.75) is 13.1 Å². The molecule has 1 fully saturated rings. The molecule has 1 aliphatic rings. The average molecular weight is 302 g/mol. The van der Waals surface area contributed by atoms with E-state index in [0.717, 1.165) is 6.54 Å². The van der Waals surface area contributed by atoms with Gasteiger partial charge in [-0.05, 0) is 24.6 Å². The lowest BCUT2D eigenvalue weighted by atomic mass is 9.97. The number of amides is 1. The van der Waals surface area contributed by atoms with Crippen LogP contribution >= 0.6 is 0 Å². The highest BCUT2D eigenvalue weighted by Crippen LogP contribution is 2.27. The van der Waals surface area contributed by atoms with Gasteiger partial charge in [-0.25, -0.2) is 0 Å². The van der Waals surface area contributed by atoms with Crippen LogP contribution < -0.4 is 15.4 Å². The Balaban J connectivity index is 2.04. The van der Waals surface area contributed by atoms with Gasteiger partial charge in [-0.2, -0.15) is 13.2 Å². The first-order valence-corrected chi connectivity index (χ1v) is 6.67. The molecule has 0 aliphatic carbocycles. The molecule has 0 radical (unpaired) electrons. The predicted molar refractivity (Wildman–Crippen MR) is 72.1 cm³/mol. The molecule has 4 nitrogen and oxygen atoms in total. The largest absolute Gasteiger partial charge is 0.482 e. The van der Waals surface area contributed by atoms with Gasteiger partial charge in [-0.15, -0.1) is 0 Å². The number of halogens is 3. The second kappa shape index (κ2) is 6.34. The molecule has 1 aromatic carbocycles. The third-order valence-electron chi connectivity index (χ3n) is 3.39. The molecule has 1 aromatic rings. The summed E-state index contributed by atoms with van der Waals surface area (Å²) in [5.74, 6) is -0.203. The predicted octanol–water partition coefficient (Wildman–Crippen LogP) is 2.42. The number of carbonyl (C=O) groups is 1. The topological polar surface area (TPSA) is 50.4 Å². The van der Waals surface area contributed by atoms with Gasteiger partial charge in [0.25, 0.3) is 0 Å². The number of anilines is 1. The van der Waals surface area contributed by atoms with Crippen molar-refractivity contribution in [1.29, 1.82) is 0 Å². The number of rotatable bonds is 4. The van der Waals surface area contributed by atoms with Crippen molar-refractivity contribution in [2.75, 3.05) is 25.0 Å². The maximum absolute atomic E-state index is 12.2. The number of carbonyl (C=O) groups excluding carboxylic acids is 1. The van der Waals surface area contributed by atoms with E-state index < -0.39 is 12.8 Å². The number of benzene rings is 1. The van der Waals surface area contributed by atoms with Crippen LogP contribution in [0.5, 0.6) is 5.75 Å². The van der Waals surface area contributed by atoms with E-state index in [9.17, 15) is 18.0 Å². The molecule has 1 aliphatic heterocycles. The van der Waals surface area contributed by atoms with Gasteiger partial charge < -0.3 is 15.4 Å². The van der Waals surface area contributed by atoms with E-state index >= 15 is 0 Å². The molecular formula is C14H17F3N2O2. The van der Waals surface area contributed by atoms with Crippen LogP contribution in [-0.4, -0.2) is 31.8 Å². The highest BCUT2D eigenvalue weighted by molar-refractivity contribution is 5.94. The van der Waals surface area contributed by atoms with Gasteiger partial charge in [-0.3, -0.25) is 4.79 Å². The zero-order chi connectivity index (χ0) is 15.5. The molecular weight excluding hydrogens is 285 g/mol. The average Bonchev–Trinajstić information content (AvgIpc) is 2.83. The number of alkyl halides is 3. The van der Waals surface area contributed by atoms with E-state index in [0.29, 0.717) is 6.54 Å². The van der Waals surface area contributed by atoms with Crippen molar-refractivity contribution < 1.29 is 22.7 Å². The summed E-state index contributed by atoms with van der Waals surface area (Å²) in [5, 5.41) is 5.76. The molecule has 1 heterocycles. The van der Waals surface area contributed by atoms with Crippen LogP contribution in [0.25, 0.3) is 0 Å². The summed E-state index contributed by atoms with van der Waals surface area (Å²) >= 11 is 0. The van der Waals surface area contributed by atoms with Crippen molar-refractivity contribution in [3.8, 4) is 5.75 Å². The quantitative estimate of drug-likeness (QED) is 0.898. The zero-order valence-electron chi connectivity index (χ0n) is 11.5. The number of para-hydroxylation sites is 2. The van der Waals surface area contributed by atoms with E-state index in [-0.39, 0.29) is 29.2 Å². The summed E-state index contributed by atoms with van der Waals surface area (Å²) < 4.78 is 41.4. The lowest BCUT2D eigenvalue weighted by molar-refractivity contribution is -0.153. The fourth-order valence-electron chi connectivity index (χ4n) is 2.24. The molecule has 0 aromatic heterocycles. The first kappa shape index (κ1) is 15.6. The summed E-state index contributed by atoms with van der Waals surface area (Å²) in [6.07, 6.45) is -4.42. The van der Waals surface area contributed by atoms with Gasteiger partial charge in [0.05, 0.1) is 11.6 Å². The van der Waals surface area contributed by atoms with Crippen LogP contribution in [0.2, 0.25) is 0 Å². The third kappa shape index (κ3) is 4.35. The van der Waals surface area contributed by atoms with Crippen molar-refractivity contribution >= 4 is 11.6 Å². The van der Waals surface area contributed by atoms with Gasteiger partial charge in [0.2, 0.25) is 5.91 Å². The van der Waals surface area contributed by atoms with Crippen LogP contribution in [-0.2, 0) is 4.79 Å². The molecule has 0 spiro atoms. The third-order valence-corrected chi connectivity index (χ3v) is 3.39. The smallest absolute Gasteiger partial charge is 0.422 e. The Hall–Kier alpha value is -1.76. The standard InChI is InChI=1S/C14H17F3N2O2/c1-9-6-18-7-10(9)13(20)19-11-4-2-3-5-12(11)21-8-14(15,16)17/h2-5,9-10,18H,6-8H2,1H3,(H,19,20).